The van der Waals surface area contributed by atoms with E-state index in [1.54, 1.807) is 0 Å². The first-order chi connectivity index (χ1) is 10.8. The van der Waals surface area contributed by atoms with Crippen LogP contribution >= 0.6 is 0 Å². The van der Waals surface area contributed by atoms with Gasteiger partial charge in [0.2, 0.25) is 0 Å². The van der Waals surface area contributed by atoms with E-state index in [2.05, 4.69) is 52.8 Å². The van der Waals surface area contributed by atoms with Crippen LogP contribution in [-0.4, -0.2) is 13.1 Å². The molecule has 0 aromatic rings. The lowest BCUT2D eigenvalue weighted by molar-refractivity contribution is -0.141. The second-order valence-corrected chi connectivity index (χ2v) is 6.92. The lowest BCUT2D eigenvalue weighted by Gasteiger charge is -2.08. The highest BCUT2D eigenvalue weighted by Gasteiger charge is 2.07. The van der Waals surface area contributed by atoms with Gasteiger partial charge in [-0.2, -0.15) is 0 Å². The molecular weight excluding hydrogens is 284 g/mol. The zero-order valence-electron chi connectivity index (χ0n) is 16.1. The minimum Gasteiger partial charge on any atom is -0.469 e. The van der Waals surface area contributed by atoms with E-state index in [0.29, 0.717) is 12.3 Å². The summed E-state index contributed by atoms with van der Waals surface area (Å²) >= 11 is 0. The molecule has 2 nitrogen and oxygen atoms in total. The monoisotopic (exact) mass is 320 g/mol. The van der Waals surface area contributed by atoms with E-state index >= 15 is 0 Å². The Labute approximate surface area is 143 Å². The number of hydrogen-bond acceptors (Lipinski definition) is 2. The lowest BCUT2D eigenvalue weighted by atomic mass is 10.00. The maximum Gasteiger partial charge on any atom is 0.305 e. The summed E-state index contributed by atoms with van der Waals surface area (Å²) in [5.74, 6) is 0.288. The molecule has 0 fully saturated rings. The molecule has 0 heterocycles. The fourth-order valence-electron chi connectivity index (χ4n) is 2.42. The molecule has 0 saturated carbocycles. The van der Waals surface area contributed by atoms with E-state index in [0.717, 1.165) is 32.1 Å². The van der Waals surface area contributed by atoms with Crippen LogP contribution in [0.2, 0.25) is 0 Å². The van der Waals surface area contributed by atoms with Crippen LogP contribution in [0.25, 0.3) is 0 Å². The first kappa shape index (κ1) is 21.7. The molecule has 0 N–H and O–H groups in total. The van der Waals surface area contributed by atoms with Crippen molar-refractivity contribution in [3.63, 3.8) is 0 Å². The highest BCUT2D eigenvalue weighted by atomic mass is 16.5. The summed E-state index contributed by atoms with van der Waals surface area (Å²) in [6, 6.07) is 0. The number of hydrogen-bond donors (Lipinski definition) is 0. The van der Waals surface area contributed by atoms with Crippen molar-refractivity contribution in [2.75, 3.05) is 7.11 Å². The van der Waals surface area contributed by atoms with Crippen LogP contribution in [-0.2, 0) is 9.53 Å². The topological polar surface area (TPSA) is 26.3 Å². The third kappa shape index (κ3) is 14.0. The Morgan fingerprint density at radius 3 is 1.96 bits per heavy atom. The molecule has 0 aliphatic carbocycles. The fourth-order valence-corrected chi connectivity index (χ4v) is 2.42. The molecule has 0 amide bonds. The van der Waals surface area contributed by atoms with Gasteiger partial charge in [-0.05, 0) is 72.1 Å². The Balaban J connectivity index is 3.93. The van der Waals surface area contributed by atoms with Crippen molar-refractivity contribution in [1.82, 2.24) is 0 Å². The number of ether oxygens (including phenoxy) is 1. The molecule has 0 aromatic carbocycles. The highest BCUT2D eigenvalue weighted by molar-refractivity contribution is 5.69. The number of rotatable bonds is 11. The Morgan fingerprint density at radius 1 is 0.913 bits per heavy atom. The van der Waals surface area contributed by atoms with Crippen LogP contribution in [0, 0.1) is 5.92 Å². The van der Waals surface area contributed by atoms with Gasteiger partial charge in [0.1, 0.15) is 0 Å². The second kappa shape index (κ2) is 13.2. The minimum atomic E-state index is -0.105. The third-order valence-corrected chi connectivity index (χ3v) is 4.02. The van der Waals surface area contributed by atoms with Gasteiger partial charge in [0.15, 0.2) is 0 Å². The molecular formula is C21H36O2. The van der Waals surface area contributed by atoms with Gasteiger partial charge in [-0.3, -0.25) is 4.79 Å². The van der Waals surface area contributed by atoms with Crippen LogP contribution in [0.5, 0.6) is 0 Å². The van der Waals surface area contributed by atoms with E-state index in [1.807, 2.05) is 0 Å². The Hall–Kier alpha value is -1.31. The molecule has 0 radical (unpaired) electrons. The van der Waals surface area contributed by atoms with E-state index in [9.17, 15) is 4.79 Å². The molecule has 0 saturated heterocycles. The number of carbonyl (C=O) groups excluding carboxylic acids is 1. The van der Waals surface area contributed by atoms with Crippen molar-refractivity contribution >= 4 is 5.97 Å². The summed E-state index contributed by atoms with van der Waals surface area (Å²) in [6.07, 6.45) is 14.2. The Morgan fingerprint density at radius 2 is 1.43 bits per heavy atom. The summed E-state index contributed by atoms with van der Waals surface area (Å²) in [4.78, 5) is 11.2. The molecule has 0 spiro atoms. The predicted molar refractivity (Wildman–Crippen MR) is 100 cm³/mol. The number of methoxy groups -OCH3 is 1. The number of carbonyl (C=O) groups is 1. The van der Waals surface area contributed by atoms with Gasteiger partial charge in [0.05, 0.1) is 7.11 Å². The quantitative estimate of drug-likeness (QED) is 0.326. The lowest BCUT2D eigenvalue weighted by Crippen LogP contribution is -2.06. The molecule has 0 unspecified atom stereocenters. The first-order valence-electron chi connectivity index (χ1n) is 8.86. The van der Waals surface area contributed by atoms with Gasteiger partial charge < -0.3 is 4.74 Å². The minimum absolute atomic E-state index is 0.105. The molecule has 2 heteroatoms. The molecule has 1 atom stereocenters. The second-order valence-electron chi connectivity index (χ2n) is 6.92. The Kier molecular flexibility index (Phi) is 12.4. The average Bonchev–Trinajstić information content (AvgIpc) is 2.46. The average molecular weight is 321 g/mol. The molecule has 0 rings (SSSR count). The summed E-state index contributed by atoms with van der Waals surface area (Å²) in [5, 5.41) is 0. The van der Waals surface area contributed by atoms with Gasteiger partial charge >= 0.3 is 5.97 Å². The molecule has 132 valence electrons. The number of esters is 1. The Bertz CT molecular complexity index is 423. The van der Waals surface area contributed by atoms with Crippen molar-refractivity contribution in [3.05, 3.63) is 34.9 Å². The maximum atomic E-state index is 11.2. The normalized spacial score (nSPS) is 13.7. The third-order valence-electron chi connectivity index (χ3n) is 4.02. The standard InChI is InChI=1S/C21H36O2/c1-17(2)10-7-11-18(3)12-8-13-19(4)14-9-15-20(5)16-21(22)23-6/h10,12,14,20H,7-9,11,13,15-16H2,1-6H3/b18-12+,19-14+/t20-/m1/s1. The summed E-state index contributed by atoms with van der Waals surface area (Å²) < 4.78 is 4.70. The van der Waals surface area contributed by atoms with Gasteiger partial charge in [-0.1, -0.05) is 41.9 Å². The van der Waals surface area contributed by atoms with E-state index < -0.39 is 0 Å². The van der Waals surface area contributed by atoms with Gasteiger partial charge in [-0.15, -0.1) is 0 Å². The summed E-state index contributed by atoms with van der Waals surface area (Å²) in [6.45, 7) is 10.8. The van der Waals surface area contributed by atoms with Crippen molar-refractivity contribution in [2.45, 2.75) is 79.6 Å². The van der Waals surface area contributed by atoms with E-state index in [4.69, 9.17) is 4.74 Å². The zero-order chi connectivity index (χ0) is 17.7. The van der Waals surface area contributed by atoms with E-state index in [-0.39, 0.29) is 5.97 Å². The molecule has 0 aliphatic rings. The fraction of sp³-hybridized carbons (Fsp3) is 0.667. The van der Waals surface area contributed by atoms with Crippen LogP contribution < -0.4 is 0 Å². The van der Waals surface area contributed by atoms with Crippen molar-refractivity contribution in [3.8, 4) is 0 Å². The van der Waals surface area contributed by atoms with Crippen LogP contribution in [0.1, 0.15) is 79.6 Å². The van der Waals surface area contributed by atoms with Crippen molar-refractivity contribution in [2.24, 2.45) is 5.92 Å². The van der Waals surface area contributed by atoms with Gasteiger partial charge in [0, 0.05) is 6.42 Å². The van der Waals surface area contributed by atoms with Gasteiger partial charge in [0.25, 0.3) is 0 Å². The highest BCUT2D eigenvalue weighted by Crippen LogP contribution is 2.15. The van der Waals surface area contributed by atoms with Crippen LogP contribution in [0.3, 0.4) is 0 Å². The van der Waals surface area contributed by atoms with Gasteiger partial charge in [-0.25, -0.2) is 0 Å². The molecule has 0 bridgehead atoms. The molecule has 0 aliphatic heterocycles. The summed E-state index contributed by atoms with van der Waals surface area (Å²) in [5.41, 5.74) is 4.34. The predicted octanol–water partition coefficient (Wildman–Crippen LogP) is 6.39. The van der Waals surface area contributed by atoms with Crippen LogP contribution in [0.4, 0.5) is 0 Å². The smallest absolute Gasteiger partial charge is 0.305 e. The van der Waals surface area contributed by atoms with Crippen molar-refractivity contribution in [1.29, 1.82) is 0 Å². The summed E-state index contributed by atoms with van der Waals surface area (Å²) in [7, 11) is 1.45. The number of allylic oxidation sites excluding steroid dienone is 6. The van der Waals surface area contributed by atoms with Crippen LogP contribution in [0.15, 0.2) is 34.9 Å². The molecule has 23 heavy (non-hydrogen) atoms. The zero-order valence-corrected chi connectivity index (χ0v) is 16.1. The van der Waals surface area contributed by atoms with Crippen molar-refractivity contribution < 1.29 is 9.53 Å². The molecule has 0 aromatic heterocycles. The maximum absolute atomic E-state index is 11.2. The largest absolute Gasteiger partial charge is 0.469 e. The SMILES string of the molecule is COC(=O)C[C@H](C)CC/C=C(\C)CC/C=C(\C)CCC=C(C)C. The first-order valence-corrected chi connectivity index (χ1v) is 8.86. The van der Waals surface area contributed by atoms with E-state index in [1.165, 1.54) is 30.2 Å².